The van der Waals surface area contributed by atoms with Crippen molar-refractivity contribution >= 4 is 12.4 Å². The van der Waals surface area contributed by atoms with Crippen molar-refractivity contribution < 1.29 is 16.9 Å². The van der Waals surface area contributed by atoms with Crippen LogP contribution in [0, 0.1) is 0 Å². The molecule has 0 aromatic heterocycles. The highest BCUT2D eigenvalue weighted by atomic mass is 35.5. The molecule has 0 spiro atoms. The average Bonchev–Trinajstić information content (AvgIpc) is 1.88. The van der Waals surface area contributed by atoms with Gasteiger partial charge in [0.1, 0.15) is 0 Å². The Morgan fingerprint density at radius 3 is 1.43 bits per heavy atom. The Morgan fingerprint density at radius 2 is 1.29 bits per heavy atom. The zero-order chi connectivity index (χ0) is 10.0. The van der Waals surface area contributed by atoms with Gasteiger partial charge >= 0.3 is 0 Å². The highest BCUT2D eigenvalue weighted by Crippen LogP contribution is 1.95. The van der Waals surface area contributed by atoms with Gasteiger partial charge in [0.2, 0.25) is 0 Å². The van der Waals surface area contributed by atoms with E-state index < -0.39 is 0 Å². The number of nitrogens with zero attached hydrogens (tertiary/aromatic N) is 1. The zero-order valence-electron chi connectivity index (χ0n) is 9.72. The third kappa shape index (κ3) is 22.7. The number of hydrogen-bond donors (Lipinski definition) is 1. The largest absolute Gasteiger partial charge is 1.00 e. The zero-order valence-corrected chi connectivity index (χ0v) is 11.3. The normalized spacial score (nSPS) is 8.29. The fraction of sp³-hybridized carbons (Fsp3) is 0.600. The van der Waals surface area contributed by atoms with Gasteiger partial charge < -0.3 is 22.2 Å². The van der Waals surface area contributed by atoms with Crippen LogP contribution in [0.1, 0.15) is 0 Å². The van der Waals surface area contributed by atoms with Crippen molar-refractivity contribution in [2.24, 2.45) is 0 Å². The molecule has 0 aliphatic carbocycles. The first kappa shape index (κ1) is 23.6. The van der Waals surface area contributed by atoms with Crippen LogP contribution in [0.15, 0.2) is 25.3 Å². The molecule has 0 aliphatic heterocycles. The van der Waals surface area contributed by atoms with Gasteiger partial charge in [0.15, 0.2) is 0 Å². The van der Waals surface area contributed by atoms with Gasteiger partial charge in [0.05, 0.1) is 27.2 Å². The third-order valence-corrected chi connectivity index (χ3v) is 1.25. The molecule has 0 amide bonds. The predicted molar refractivity (Wildman–Crippen MR) is 64.5 cm³/mol. The number of rotatable bonds is 4. The van der Waals surface area contributed by atoms with Gasteiger partial charge in [0, 0.05) is 0 Å². The van der Waals surface area contributed by atoms with Crippen molar-refractivity contribution in [1.82, 2.24) is 5.32 Å². The van der Waals surface area contributed by atoms with Crippen LogP contribution in [0.4, 0.5) is 0 Å². The maximum atomic E-state index is 3.68. The molecule has 0 aromatic carbocycles. The van der Waals surface area contributed by atoms with Crippen molar-refractivity contribution in [3.05, 3.63) is 25.3 Å². The summed E-state index contributed by atoms with van der Waals surface area (Å²) in [5.41, 5.74) is 0. The summed E-state index contributed by atoms with van der Waals surface area (Å²) in [7, 11) is 8.06. The fourth-order valence-corrected chi connectivity index (χ4v) is 0.774. The Balaban J connectivity index is -0.0000000891. The van der Waals surface area contributed by atoms with Crippen molar-refractivity contribution in [2.45, 2.75) is 0 Å². The van der Waals surface area contributed by atoms with Gasteiger partial charge in [-0.1, -0.05) is 13.2 Å². The highest BCUT2D eigenvalue weighted by molar-refractivity contribution is 5.85. The molecule has 88 valence electrons. The Bertz CT molecular complexity index is 113. The van der Waals surface area contributed by atoms with E-state index in [-0.39, 0.29) is 24.8 Å². The van der Waals surface area contributed by atoms with Gasteiger partial charge in [0.25, 0.3) is 0 Å². The minimum Gasteiger partial charge on any atom is -1.00 e. The van der Waals surface area contributed by atoms with Crippen LogP contribution in [0.5, 0.6) is 0 Å². The summed E-state index contributed by atoms with van der Waals surface area (Å²) >= 11 is 0. The van der Waals surface area contributed by atoms with Crippen LogP contribution in [0.2, 0.25) is 0 Å². The molecule has 0 fully saturated rings. The van der Waals surface area contributed by atoms with Gasteiger partial charge in [-0.05, 0) is 26.2 Å². The van der Waals surface area contributed by atoms with Crippen LogP contribution >= 0.6 is 12.4 Å². The van der Waals surface area contributed by atoms with Crippen LogP contribution in [-0.4, -0.2) is 45.8 Å². The van der Waals surface area contributed by atoms with E-state index in [4.69, 9.17) is 0 Å². The van der Waals surface area contributed by atoms with Crippen molar-refractivity contribution in [3.8, 4) is 0 Å². The second kappa shape index (κ2) is 15.5. The van der Waals surface area contributed by atoms with E-state index in [9.17, 15) is 0 Å². The molecule has 0 aromatic rings. The summed E-state index contributed by atoms with van der Waals surface area (Å²) in [6.07, 6.45) is 3.87. The highest BCUT2D eigenvalue weighted by Gasteiger charge is 2.07. The Labute approximate surface area is 101 Å². The van der Waals surface area contributed by atoms with Crippen molar-refractivity contribution in [3.63, 3.8) is 0 Å². The maximum Gasteiger partial charge on any atom is 0.0969 e. The third-order valence-electron chi connectivity index (χ3n) is 1.25. The molecule has 14 heavy (non-hydrogen) atoms. The molecule has 0 aliphatic rings. The van der Waals surface area contributed by atoms with Gasteiger partial charge in [-0.25, -0.2) is 0 Å². The molecular formula is C10H24Cl2N2. The van der Waals surface area contributed by atoms with Crippen molar-refractivity contribution in [1.29, 1.82) is 0 Å². The molecule has 0 rings (SSSR count). The molecule has 0 saturated carbocycles. The predicted octanol–water partition coefficient (Wildman–Crippen LogP) is -1.30. The summed E-state index contributed by atoms with van der Waals surface area (Å²) in [5, 5.41) is 2.75. The van der Waals surface area contributed by atoms with Crippen molar-refractivity contribution in [2.75, 3.05) is 41.3 Å². The number of likely N-dealkylation sites (N-methyl/N-ethyl adjacent to an activating group) is 1. The van der Waals surface area contributed by atoms with Gasteiger partial charge in [-0.2, -0.15) is 0 Å². The summed E-state index contributed by atoms with van der Waals surface area (Å²) in [4.78, 5) is 0. The monoisotopic (exact) mass is 242 g/mol. The Hall–Kier alpha value is -0.0200. The second-order valence-corrected chi connectivity index (χ2v) is 3.38. The van der Waals surface area contributed by atoms with Crippen LogP contribution in [0.25, 0.3) is 0 Å². The summed E-state index contributed by atoms with van der Waals surface area (Å²) in [6.45, 7) is 9.37. The van der Waals surface area contributed by atoms with Crippen LogP contribution in [0.3, 0.4) is 0 Å². The fourth-order valence-electron chi connectivity index (χ4n) is 0.774. The summed E-state index contributed by atoms with van der Waals surface area (Å²) in [5.74, 6) is 0. The first-order valence-corrected chi connectivity index (χ1v) is 4.16. The number of hydrogen-bond acceptors (Lipinski definition) is 1. The average molecular weight is 243 g/mol. The molecule has 0 heterocycles. The molecule has 0 unspecified atom stereocenters. The van der Waals surface area contributed by atoms with Gasteiger partial charge in [-0.3, -0.25) is 0 Å². The summed E-state index contributed by atoms with van der Waals surface area (Å²) < 4.78 is 0.951. The van der Waals surface area contributed by atoms with E-state index in [1.807, 2.05) is 26.2 Å². The van der Waals surface area contributed by atoms with E-state index >= 15 is 0 Å². The van der Waals surface area contributed by atoms with E-state index in [2.05, 4.69) is 32.6 Å². The molecule has 2 nitrogen and oxygen atoms in total. The minimum absolute atomic E-state index is 0. The smallest absolute Gasteiger partial charge is 0.0969 e. The summed E-state index contributed by atoms with van der Waals surface area (Å²) in [6, 6.07) is 0. The second-order valence-electron chi connectivity index (χ2n) is 3.38. The minimum atomic E-state index is 0. The van der Waals surface area contributed by atoms with E-state index in [0.29, 0.717) is 0 Å². The lowest BCUT2D eigenvalue weighted by Crippen LogP contribution is -3.00. The van der Waals surface area contributed by atoms with E-state index in [1.54, 1.807) is 0 Å². The maximum absolute atomic E-state index is 3.68. The first-order valence-electron chi connectivity index (χ1n) is 4.16. The quantitative estimate of drug-likeness (QED) is 0.478. The number of halogens is 2. The molecule has 4 heteroatoms. The Morgan fingerprint density at radius 1 is 1.07 bits per heavy atom. The topological polar surface area (TPSA) is 12.0 Å². The molecule has 0 saturated heterocycles. The lowest BCUT2D eigenvalue weighted by molar-refractivity contribution is -0.878. The van der Waals surface area contributed by atoms with E-state index in [0.717, 1.165) is 17.6 Å². The van der Waals surface area contributed by atoms with Crippen LogP contribution < -0.4 is 17.7 Å². The number of quaternary nitrogens is 1. The number of nitrogens with one attached hydrogen (secondary N) is 1. The molecule has 0 atom stereocenters. The lowest BCUT2D eigenvalue weighted by atomic mass is 10.4. The molecule has 0 radical (unpaired) electrons. The molecule has 1 N–H and O–H groups in total. The first-order chi connectivity index (χ1) is 5.54. The van der Waals surface area contributed by atoms with E-state index in [1.165, 1.54) is 0 Å². The van der Waals surface area contributed by atoms with Crippen LogP contribution in [-0.2, 0) is 0 Å². The SMILES string of the molecule is C=CC[N+](C)(C)CC=C.CNC.Cl.[Cl-]. The Kier molecular flexibility index (Phi) is 26.1. The molecular weight excluding hydrogens is 219 g/mol. The molecule has 0 bridgehead atoms. The lowest BCUT2D eigenvalue weighted by Gasteiger charge is -2.26. The standard InChI is InChI=1S/C8H16N.C2H7N.2ClH/c1-5-7-9(3,4)8-6-2;1-3-2;;/h5-6H,1-2,7-8H2,3-4H3;3H,1-2H3;2*1H/q+1;;;/p-1. The van der Waals surface area contributed by atoms with Gasteiger partial charge in [-0.15, -0.1) is 12.4 Å².